The monoisotopic (exact) mass is 299 g/mol. The van der Waals surface area contributed by atoms with Crippen LogP contribution in [-0.4, -0.2) is 43.1 Å². The summed E-state index contributed by atoms with van der Waals surface area (Å²) in [4.78, 5) is 0. The average Bonchev–Trinajstić information content (AvgIpc) is 2.97. The average molecular weight is 300 g/mol. The van der Waals surface area contributed by atoms with Crippen LogP contribution in [0.4, 0.5) is 0 Å². The zero-order chi connectivity index (χ0) is 14.4. The van der Waals surface area contributed by atoms with Crippen LogP contribution in [0, 0.1) is 0 Å². The Labute approximate surface area is 125 Å². The number of ether oxygens (including phenoxy) is 2. The molecule has 0 saturated carbocycles. The third-order valence-corrected chi connectivity index (χ3v) is 3.67. The molecule has 1 aliphatic heterocycles. The molecule has 1 aromatic carbocycles. The molecule has 112 valence electrons. The second kappa shape index (κ2) is 7.84. The van der Waals surface area contributed by atoms with Crippen LogP contribution in [0.1, 0.15) is 19.8 Å². The van der Waals surface area contributed by atoms with Crippen molar-refractivity contribution in [2.24, 2.45) is 0 Å². The highest BCUT2D eigenvalue weighted by Crippen LogP contribution is 2.17. The highest BCUT2D eigenvalue weighted by molar-refractivity contribution is 6.30. The van der Waals surface area contributed by atoms with Crippen LogP contribution in [0.2, 0.25) is 5.02 Å². The van der Waals surface area contributed by atoms with Crippen molar-refractivity contribution in [3.05, 3.63) is 29.3 Å². The van der Waals surface area contributed by atoms with E-state index < -0.39 is 6.10 Å². The van der Waals surface area contributed by atoms with Gasteiger partial charge >= 0.3 is 0 Å². The molecule has 1 fully saturated rings. The van der Waals surface area contributed by atoms with E-state index in [-0.39, 0.29) is 18.8 Å². The van der Waals surface area contributed by atoms with E-state index in [4.69, 9.17) is 21.1 Å². The zero-order valence-corrected chi connectivity index (χ0v) is 12.5. The molecule has 2 rings (SSSR count). The minimum atomic E-state index is -0.558. The van der Waals surface area contributed by atoms with Crippen LogP contribution in [-0.2, 0) is 4.74 Å². The minimum Gasteiger partial charge on any atom is -0.491 e. The van der Waals surface area contributed by atoms with Crippen molar-refractivity contribution >= 4 is 11.6 Å². The molecule has 5 heteroatoms. The molecule has 0 radical (unpaired) electrons. The van der Waals surface area contributed by atoms with Crippen molar-refractivity contribution in [1.82, 2.24) is 5.32 Å². The molecule has 3 atom stereocenters. The molecule has 0 amide bonds. The molecule has 4 nitrogen and oxygen atoms in total. The van der Waals surface area contributed by atoms with Gasteiger partial charge in [0, 0.05) is 24.2 Å². The maximum absolute atomic E-state index is 9.91. The number of aliphatic hydroxyl groups excluding tert-OH is 1. The van der Waals surface area contributed by atoms with Crippen molar-refractivity contribution in [2.75, 3.05) is 19.8 Å². The predicted octanol–water partition coefficient (Wildman–Crippen LogP) is 2.24. The van der Waals surface area contributed by atoms with Crippen molar-refractivity contribution in [3.8, 4) is 5.75 Å². The highest BCUT2D eigenvalue weighted by atomic mass is 35.5. The van der Waals surface area contributed by atoms with Gasteiger partial charge in [-0.1, -0.05) is 17.7 Å². The summed E-state index contributed by atoms with van der Waals surface area (Å²) in [5.74, 6) is 0.670. The van der Waals surface area contributed by atoms with Gasteiger partial charge < -0.3 is 19.9 Å². The second-order valence-corrected chi connectivity index (χ2v) is 5.61. The fourth-order valence-electron chi connectivity index (χ4n) is 2.26. The van der Waals surface area contributed by atoms with E-state index in [0.29, 0.717) is 17.3 Å². The van der Waals surface area contributed by atoms with Crippen molar-refractivity contribution in [2.45, 2.75) is 38.0 Å². The van der Waals surface area contributed by atoms with Gasteiger partial charge in [-0.15, -0.1) is 0 Å². The molecule has 2 N–H and O–H groups in total. The van der Waals surface area contributed by atoms with E-state index >= 15 is 0 Å². The molecular weight excluding hydrogens is 278 g/mol. The summed E-state index contributed by atoms with van der Waals surface area (Å²) in [6.07, 6.45) is 1.91. The Morgan fingerprint density at radius 1 is 1.55 bits per heavy atom. The summed E-state index contributed by atoms with van der Waals surface area (Å²) in [6, 6.07) is 7.41. The number of benzene rings is 1. The lowest BCUT2D eigenvalue weighted by atomic mass is 10.1. The number of aliphatic hydroxyl groups is 1. The van der Waals surface area contributed by atoms with E-state index in [9.17, 15) is 5.11 Å². The summed E-state index contributed by atoms with van der Waals surface area (Å²) < 4.78 is 11.1. The first-order valence-electron chi connectivity index (χ1n) is 7.06. The number of hydrogen-bond donors (Lipinski definition) is 2. The van der Waals surface area contributed by atoms with Gasteiger partial charge in [-0.05, 0) is 38.0 Å². The smallest absolute Gasteiger partial charge is 0.120 e. The molecule has 3 unspecified atom stereocenters. The van der Waals surface area contributed by atoms with Gasteiger partial charge in [0.2, 0.25) is 0 Å². The van der Waals surface area contributed by atoms with E-state index in [1.165, 1.54) is 0 Å². The van der Waals surface area contributed by atoms with Gasteiger partial charge in [0.1, 0.15) is 18.5 Å². The Morgan fingerprint density at radius 3 is 3.10 bits per heavy atom. The molecule has 0 aromatic heterocycles. The third kappa shape index (κ3) is 4.94. The fraction of sp³-hybridized carbons (Fsp3) is 0.600. The summed E-state index contributed by atoms with van der Waals surface area (Å²) in [7, 11) is 0. The van der Waals surface area contributed by atoms with E-state index in [2.05, 4.69) is 12.2 Å². The molecule has 0 aliphatic carbocycles. The molecule has 1 aliphatic rings. The first kappa shape index (κ1) is 15.6. The van der Waals surface area contributed by atoms with Crippen molar-refractivity contribution in [3.63, 3.8) is 0 Å². The van der Waals surface area contributed by atoms with Gasteiger partial charge in [-0.2, -0.15) is 0 Å². The van der Waals surface area contributed by atoms with E-state index in [1.54, 1.807) is 12.1 Å². The van der Waals surface area contributed by atoms with Gasteiger partial charge in [0.05, 0.1) is 6.10 Å². The van der Waals surface area contributed by atoms with Crippen molar-refractivity contribution in [1.29, 1.82) is 0 Å². The van der Waals surface area contributed by atoms with Crippen LogP contribution in [0.5, 0.6) is 5.75 Å². The van der Waals surface area contributed by atoms with Crippen molar-refractivity contribution < 1.29 is 14.6 Å². The van der Waals surface area contributed by atoms with Crippen LogP contribution < -0.4 is 10.1 Å². The Morgan fingerprint density at radius 2 is 2.40 bits per heavy atom. The van der Waals surface area contributed by atoms with E-state index in [0.717, 1.165) is 19.4 Å². The quantitative estimate of drug-likeness (QED) is 0.811. The van der Waals surface area contributed by atoms with Gasteiger partial charge in [0.25, 0.3) is 0 Å². The van der Waals surface area contributed by atoms with Crippen LogP contribution in [0.25, 0.3) is 0 Å². The first-order chi connectivity index (χ1) is 9.65. The Hall–Kier alpha value is -0.810. The summed E-state index contributed by atoms with van der Waals surface area (Å²) >= 11 is 5.87. The molecule has 0 bridgehead atoms. The summed E-state index contributed by atoms with van der Waals surface area (Å²) in [6.45, 7) is 3.66. The lowest BCUT2D eigenvalue weighted by Crippen LogP contribution is -2.42. The molecule has 0 spiro atoms. The number of rotatable bonds is 7. The fourth-order valence-corrected chi connectivity index (χ4v) is 2.44. The Bertz CT molecular complexity index is 410. The highest BCUT2D eigenvalue weighted by Gasteiger charge is 2.22. The number of nitrogens with one attached hydrogen (secondary N) is 1. The lowest BCUT2D eigenvalue weighted by molar-refractivity contribution is 0.0675. The largest absolute Gasteiger partial charge is 0.491 e. The minimum absolute atomic E-state index is 0.242. The molecule has 20 heavy (non-hydrogen) atoms. The lowest BCUT2D eigenvalue weighted by Gasteiger charge is -2.22. The predicted molar refractivity (Wildman–Crippen MR) is 79.4 cm³/mol. The zero-order valence-electron chi connectivity index (χ0n) is 11.7. The third-order valence-electron chi connectivity index (χ3n) is 3.44. The SMILES string of the molecule is CC(NCC(O)COc1cccc(Cl)c1)C1CCCO1. The molecular formula is C15H22ClNO3. The molecule has 1 saturated heterocycles. The standard InChI is InChI=1S/C15H22ClNO3/c1-11(15-6-3-7-19-15)17-9-13(18)10-20-14-5-2-4-12(16)8-14/h2,4-5,8,11,13,15,17-18H,3,6-7,9-10H2,1H3. The second-order valence-electron chi connectivity index (χ2n) is 5.17. The topological polar surface area (TPSA) is 50.7 Å². The Balaban J connectivity index is 1.66. The van der Waals surface area contributed by atoms with Gasteiger partial charge in [-0.3, -0.25) is 0 Å². The van der Waals surface area contributed by atoms with Crippen LogP contribution in [0.15, 0.2) is 24.3 Å². The maximum Gasteiger partial charge on any atom is 0.120 e. The summed E-state index contributed by atoms with van der Waals surface area (Å²) in [5, 5.41) is 13.8. The normalized spacial score (nSPS) is 21.6. The van der Waals surface area contributed by atoms with Crippen LogP contribution >= 0.6 is 11.6 Å². The molecule has 1 aromatic rings. The van der Waals surface area contributed by atoms with Gasteiger partial charge in [-0.25, -0.2) is 0 Å². The van der Waals surface area contributed by atoms with E-state index in [1.807, 2.05) is 12.1 Å². The summed E-state index contributed by atoms with van der Waals surface area (Å²) in [5.41, 5.74) is 0. The first-order valence-corrected chi connectivity index (χ1v) is 7.44. The molecule has 1 heterocycles. The number of hydrogen-bond acceptors (Lipinski definition) is 4. The van der Waals surface area contributed by atoms with Crippen LogP contribution in [0.3, 0.4) is 0 Å². The maximum atomic E-state index is 9.91. The number of halogens is 1. The Kier molecular flexibility index (Phi) is 6.10. The van der Waals surface area contributed by atoms with Gasteiger partial charge in [0.15, 0.2) is 0 Å².